The van der Waals surface area contributed by atoms with Crippen molar-refractivity contribution in [3.63, 3.8) is 0 Å². The standard InChI is InChI=1S/C16H13ClOS/c1-2-16(18)13-6-4-3-5-11(13)10-19-15-8-7-12(17)9-14(15)16/h2-9,18H,1,10H2. The molecule has 1 unspecified atom stereocenters. The summed E-state index contributed by atoms with van der Waals surface area (Å²) in [4.78, 5) is 1.04. The minimum atomic E-state index is -1.18. The number of halogens is 1. The molecule has 1 N–H and O–H groups in total. The number of aliphatic hydroxyl groups is 1. The monoisotopic (exact) mass is 288 g/mol. The Kier molecular flexibility index (Phi) is 3.17. The highest BCUT2D eigenvalue weighted by atomic mass is 35.5. The van der Waals surface area contributed by atoms with Crippen LogP contribution < -0.4 is 0 Å². The molecule has 0 aromatic heterocycles. The van der Waals surface area contributed by atoms with Crippen LogP contribution in [0.4, 0.5) is 0 Å². The van der Waals surface area contributed by atoms with Crippen molar-refractivity contribution in [2.24, 2.45) is 0 Å². The molecule has 0 bridgehead atoms. The van der Waals surface area contributed by atoms with Crippen molar-refractivity contribution < 1.29 is 5.11 Å². The molecule has 2 aromatic carbocycles. The van der Waals surface area contributed by atoms with Gasteiger partial charge in [-0.25, -0.2) is 0 Å². The first-order valence-electron chi connectivity index (χ1n) is 6.02. The van der Waals surface area contributed by atoms with E-state index in [1.54, 1.807) is 17.8 Å². The number of benzene rings is 2. The lowest BCUT2D eigenvalue weighted by Crippen LogP contribution is -2.25. The Balaban J connectivity index is 2.32. The Morgan fingerprint density at radius 1 is 1.21 bits per heavy atom. The van der Waals surface area contributed by atoms with Gasteiger partial charge in [0, 0.05) is 21.2 Å². The first-order valence-corrected chi connectivity index (χ1v) is 7.38. The molecular formula is C16H13ClOS. The van der Waals surface area contributed by atoms with E-state index in [2.05, 4.69) is 6.58 Å². The lowest BCUT2D eigenvalue weighted by atomic mass is 9.84. The molecule has 0 saturated carbocycles. The Morgan fingerprint density at radius 3 is 2.79 bits per heavy atom. The lowest BCUT2D eigenvalue weighted by molar-refractivity contribution is 0.131. The summed E-state index contributed by atoms with van der Waals surface area (Å²) in [7, 11) is 0. The van der Waals surface area contributed by atoms with Gasteiger partial charge in [-0.1, -0.05) is 48.5 Å². The van der Waals surface area contributed by atoms with Crippen LogP contribution in [0.3, 0.4) is 0 Å². The average Bonchev–Trinajstić information content (AvgIpc) is 2.56. The first kappa shape index (κ1) is 12.8. The van der Waals surface area contributed by atoms with E-state index in [9.17, 15) is 5.11 Å². The summed E-state index contributed by atoms with van der Waals surface area (Å²) in [5.74, 6) is 0.834. The Morgan fingerprint density at radius 2 is 2.00 bits per heavy atom. The summed E-state index contributed by atoms with van der Waals surface area (Å²) >= 11 is 7.80. The number of rotatable bonds is 1. The van der Waals surface area contributed by atoms with E-state index < -0.39 is 5.60 Å². The van der Waals surface area contributed by atoms with Crippen LogP contribution in [-0.4, -0.2) is 5.11 Å². The van der Waals surface area contributed by atoms with Crippen LogP contribution in [0.5, 0.6) is 0 Å². The Hall–Kier alpha value is -1.22. The first-order chi connectivity index (χ1) is 9.15. The summed E-state index contributed by atoms with van der Waals surface area (Å²) in [6, 6.07) is 13.6. The van der Waals surface area contributed by atoms with Gasteiger partial charge >= 0.3 is 0 Å². The Bertz CT molecular complexity index is 653. The minimum Gasteiger partial charge on any atom is -0.377 e. The molecule has 1 nitrogen and oxygen atoms in total. The molecule has 0 fully saturated rings. The highest BCUT2D eigenvalue weighted by molar-refractivity contribution is 7.98. The van der Waals surface area contributed by atoms with Crippen LogP contribution in [0.25, 0.3) is 0 Å². The van der Waals surface area contributed by atoms with Gasteiger partial charge in [-0.15, -0.1) is 11.8 Å². The van der Waals surface area contributed by atoms with E-state index in [1.807, 2.05) is 42.5 Å². The van der Waals surface area contributed by atoms with Gasteiger partial charge in [-0.3, -0.25) is 0 Å². The normalized spacial score (nSPS) is 21.2. The van der Waals surface area contributed by atoms with E-state index in [4.69, 9.17) is 11.6 Å². The maximum atomic E-state index is 11.1. The van der Waals surface area contributed by atoms with Gasteiger partial charge < -0.3 is 5.11 Å². The molecule has 0 aliphatic carbocycles. The van der Waals surface area contributed by atoms with E-state index >= 15 is 0 Å². The second-order valence-electron chi connectivity index (χ2n) is 4.56. The zero-order chi connectivity index (χ0) is 13.5. The lowest BCUT2D eigenvalue weighted by Gasteiger charge is -2.27. The third kappa shape index (κ3) is 2.00. The fourth-order valence-corrected chi connectivity index (χ4v) is 3.73. The molecule has 0 spiro atoms. The van der Waals surface area contributed by atoms with Gasteiger partial charge in [0.2, 0.25) is 0 Å². The fourth-order valence-electron chi connectivity index (χ4n) is 2.46. The molecule has 0 radical (unpaired) electrons. The highest BCUT2D eigenvalue weighted by Gasteiger charge is 2.34. The van der Waals surface area contributed by atoms with Gasteiger partial charge in [0.1, 0.15) is 5.60 Å². The molecule has 1 aliphatic heterocycles. The zero-order valence-electron chi connectivity index (χ0n) is 10.3. The van der Waals surface area contributed by atoms with Crippen LogP contribution in [0.1, 0.15) is 16.7 Å². The predicted octanol–water partition coefficient (Wildman–Crippen LogP) is 4.37. The molecule has 0 saturated heterocycles. The fraction of sp³-hybridized carbons (Fsp3) is 0.125. The number of hydrogen-bond acceptors (Lipinski definition) is 2. The molecular weight excluding hydrogens is 276 g/mol. The number of fused-ring (bicyclic) bond motifs is 2. The van der Waals surface area contributed by atoms with Crippen LogP contribution in [-0.2, 0) is 11.4 Å². The summed E-state index contributed by atoms with van der Waals surface area (Å²) in [6.07, 6.45) is 1.59. The predicted molar refractivity (Wildman–Crippen MR) is 80.7 cm³/mol. The summed E-state index contributed by atoms with van der Waals surface area (Å²) in [5.41, 5.74) is 1.64. The second-order valence-corrected chi connectivity index (χ2v) is 6.01. The summed E-state index contributed by atoms with van der Waals surface area (Å²) < 4.78 is 0. The van der Waals surface area contributed by atoms with Crippen molar-refractivity contribution in [2.45, 2.75) is 16.2 Å². The van der Waals surface area contributed by atoms with Crippen LogP contribution in [0.15, 0.2) is 60.0 Å². The second kappa shape index (κ2) is 4.71. The Labute approximate surface area is 121 Å². The maximum absolute atomic E-state index is 11.1. The molecule has 19 heavy (non-hydrogen) atoms. The minimum absolute atomic E-state index is 0.624. The number of thioether (sulfide) groups is 1. The summed E-state index contributed by atoms with van der Waals surface area (Å²) in [6.45, 7) is 3.82. The van der Waals surface area contributed by atoms with E-state index in [0.29, 0.717) is 5.02 Å². The van der Waals surface area contributed by atoms with Crippen molar-refractivity contribution in [1.82, 2.24) is 0 Å². The zero-order valence-corrected chi connectivity index (χ0v) is 11.8. The quantitative estimate of drug-likeness (QED) is 0.787. The molecule has 1 atom stereocenters. The molecule has 3 rings (SSSR count). The molecule has 1 heterocycles. The topological polar surface area (TPSA) is 20.2 Å². The van der Waals surface area contributed by atoms with Crippen molar-refractivity contribution in [3.8, 4) is 0 Å². The molecule has 96 valence electrons. The van der Waals surface area contributed by atoms with E-state index in [-0.39, 0.29) is 0 Å². The van der Waals surface area contributed by atoms with E-state index in [0.717, 1.165) is 27.3 Å². The van der Waals surface area contributed by atoms with Gasteiger partial charge in [0.15, 0.2) is 0 Å². The summed E-state index contributed by atoms with van der Waals surface area (Å²) in [5, 5.41) is 11.7. The maximum Gasteiger partial charge on any atom is 0.134 e. The molecule has 2 aromatic rings. The van der Waals surface area contributed by atoms with Crippen LogP contribution in [0, 0.1) is 0 Å². The van der Waals surface area contributed by atoms with Crippen molar-refractivity contribution >= 4 is 23.4 Å². The third-order valence-corrected chi connectivity index (χ3v) is 4.82. The van der Waals surface area contributed by atoms with Gasteiger partial charge in [-0.2, -0.15) is 0 Å². The van der Waals surface area contributed by atoms with Crippen molar-refractivity contribution in [3.05, 3.63) is 76.8 Å². The molecule has 3 heteroatoms. The van der Waals surface area contributed by atoms with Crippen LogP contribution in [0.2, 0.25) is 5.02 Å². The van der Waals surface area contributed by atoms with Crippen LogP contribution >= 0.6 is 23.4 Å². The largest absolute Gasteiger partial charge is 0.377 e. The average molecular weight is 289 g/mol. The van der Waals surface area contributed by atoms with Gasteiger partial charge in [0.05, 0.1) is 0 Å². The highest BCUT2D eigenvalue weighted by Crippen LogP contribution is 2.44. The smallest absolute Gasteiger partial charge is 0.134 e. The van der Waals surface area contributed by atoms with Gasteiger partial charge in [-0.05, 0) is 29.3 Å². The van der Waals surface area contributed by atoms with Gasteiger partial charge in [0.25, 0.3) is 0 Å². The molecule has 1 aliphatic rings. The number of hydrogen-bond donors (Lipinski definition) is 1. The SMILES string of the molecule is C=CC1(O)c2ccccc2CSc2ccc(Cl)cc21. The van der Waals surface area contributed by atoms with E-state index in [1.165, 1.54) is 0 Å². The third-order valence-electron chi connectivity index (χ3n) is 3.46. The van der Waals surface area contributed by atoms with Crippen molar-refractivity contribution in [2.75, 3.05) is 0 Å². The van der Waals surface area contributed by atoms with Crippen molar-refractivity contribution in [1.29, 1.82) is 0 Å². The molecule has 0 amide bonds.